The molecule has 1 heterocycles. The highest BCUT2D eigenvalue weighted by atomic mass is 15.2. The maximum atomic E-state index is 4.90. The molecular weight excluding hydrogens is 318 g/mol. The molecule has 3 heteroatoms. The average Bonchev–Trinajstić information content (AvgIpc) is 3.01. The second-order valence-corrected chi connectivity index (χ2v) is 7.21. The summed E-state index contributed by atoms with van der Waals surface area (Å²) in [5, 5.41) is 0. The van der Waals surface area contributed by atoms with Crippen LogP contribution in [0.1, 0.15) is 50.4 Å². The largest absolute Gasteiger partial charge is 0.327 e. The topological polar surface area (TPSA) is 21.1 Å². The molecule has 3 rings (SSSR count). The van der Waals surface area contributed by atoms with Crippen molar-refractivity contribution in [1.82, 2.24) is 14.5 Å². The summed E-state index contributed by atoms with van der Waals surface area (Å²) in [6, 6.07) is 19.4. The van der Waals surface area contributed by atoms with Gasteiger partial charge < -0.3 is 4.57 Å². The van der Waals surface area contributed by atoms with Crippen LogP contribution < -0.4 is 0 Å². The van der Waals surface area contributed by atoms with Crippen LogP contribution in [0.5, 0.6) is 0 Å². The van der Waals surface area contributed by atoms with Crippen molar-refractivity contribution in [3.05, 3.63) is 66.0 Å². The molecule has 0 aliphatic carbocycles. The van der Waals surface area contributed by atoms with Crippen LogP contribution in [0.2, 0.25) is 0 Å². The monoisotopic (exact) mass is 349 g/mol. The molecule has 3 aromatic rings. The third-order valence-corrected chi connectivity index (χ3v) is 5.22. The highest BCUT2D eigenvalue weighted by Gasteiger charge is 2.14. The van der Waals surface area contributed by atoms with Gasteiger partial charge in [-0.1, -0.05) is 56.3 Å². The lowest BCUT2D eigenvalue weighted by Gasteiger charge is -2.21. The lowest BCUT2D eigenvalue weighted by Crippen LogP contribution is -2.23. The Labute approximate surface area is 157 Å². The Balaban J connectivity index is 1.67. The Morgan fingerprint density at radius 2 is 1.73 bits per heavy atom. The van der Waals surface area contributed by atoms with E-state index in [1.54, 1.807) is 0 Å². The second kappa shape index (κ2) is 9.00. The Kier molecular flexibility index (Phi) is 6.45. The molecule has 0 amide bonds. The molecule has 0 saturated carbocycles. The first-order valence-electron chi connectivity index (χ1n) is 9.90. The molecule has 2 aromatic carbocycles. The molecule has 1 unspecified atom stereocenters. The van der Waals surface area contributed by atoms with Crippen LogP contribution in [0.3, 0.4) is 0 Å². The molecule has 0 spiro atoms. The van der Waals surface area contributed by atoms with Crippen molar-refractivity contribution in [1.29, 1.82) is 0 Å². The molecule has 1 aromatic heterocycles. The van der Waals surface area contributed by atoms with Gasteiger partial charge in [-0.3, -0.25) is 4.90 Å². The summed E-state index contributed by atoms with van der Waals surface area (Å²) >= 11 is 0. The van der Waals surface area contributed by atoms with Crippen LogP contribution in [0.15, 0.2) is 54.6 Å². The second-order valence-electron chi connectivity index (χ2n) is 7.21. The maximum Gasteiger partial charge on any atom is 0.124 e. The fourth-order valence-corrected chi connectivity index (χ4v) is 3.75. The zero-order valence-electron chi connectivity index (χ0n) is 16.4. The molecule has 26 heavy (non-hydrogen) atoms. The van der Waals surface area contributed by atoms with Gasteiger partial charge in [-0.2, -0.15) is 0 Å². The van der Waals surface area contributed by atoms with E-state index in [4.69, 9.17) is 4.98 Å². The number of para-hydroxylation sites is 2. The molecular formula is C23H31N3. The predicted octanol–water partition coefficient (Wildman–Crippen LogP) is 5.46. The van der Waals surface area contributed by atoms with Crippen LogP contribution in [-0.2, 0) is 13.1 Å². The summed E-state index contributed by atoms with van der Waals surface area (Å²) < 4.78 is 2.39. The number of aromatic nitrogens is 2. The van der Waals surface area contributed by atoms with E-state index in [1.165, 1.54) is 29.7 Å². The number of nitrogens with zero attached hydrogens (tertiary/aromatic N) is 3. The van der Waals surface area contributed by atoms with E-state index in [1.807, 2.05) is 0 Å². The fourth-order valence-electron chi connectivity index (χ4n) is 3.75. The SMILES string of the molecule is CCCn1c(CN(C)CCC(CC)c2ccccc2)nc2ccccc21. The molecule has 0 N–H and O–H groups in total. The minimum atomic E-state index is 0.633. The summed E-state index contributed by atoms with van der Waals surface area (Å²) in [6.07, 6.45) is 3.50. The summed E-state index contributed by atoms with van der Waals surface area (Å²) in [4.78, 5) is 7.31. The van der Waals surface area contributed by atoms with E-state index < -0.39 is 0 Å². The van der Waals surface area contributed by atoms with Crippen LogP contribution in [0, 0.1) is 0 Å². The third-order valence-electron chi connectivity index (χ3n) is 5.22. The van der Waals surface area contributed by atoms with E-state index in [2.05, 4.69) is 85.0 Å². The molecule has 0 radical (unpaired) electrons. The standard InChI is InChI=1S/C23H31N3/c1-4-16-26-22-14-10-9-13-21(22)24-23(26)18-25(3)17-15-19(5-2)20-11-7-6-8-12-20/h6-14,19H,4-5,15-18H2,1-3H3. The summed E-state index contributed by atoms with van der Waals surface area (Å²) in [5.41, 5.74) is 3.83. The highest BCUT2D eigenvalue weighted by molar-refractivity contribution is 5.75. The van der Waals surface area contributed by atoms with Gasteiger partial charge in [-0.05, 0) is 56.5 Å². The lowest BCUT2D eigenvalue weighted by molar-refractivity contribution is 0.297. The minimum Gasteiger partial charge on any atom is -0.327 e. The van der Waals surface area contributed by atoms with Crippen molar-refractivity contribution in [3.63, 3.8) is 0 Å². The number of fused-ring (bicyclic) bond motifs is 1. The highest BCUT2D eigenvalue weighted by Crippen LogP contribution is 2.24. The van der Waals surface area contributed by atoms with Gasteiger partial charge in [0.05, 0.1) is 17.6 Å². The quantitative estimate of drug-likeness (QED) is 0.511. The van der Waals surface area contributed by atoms with Crippen LogP contribution in [0.4, 0.5) is 0 Å². The lowest BCUT2D eigenvalue weighted by atomic mass is 9.93. The number of hydrogen-bond donors (Lipinski definition) is 0. The average molecular weight is 350 g/mol. The summed E-state index contributed by atoms with van der Waals surface area (Å²) in [6.45, 7) is 7.54. The first-order valence-corrected chi connectivity index (χ1v) is 9.90. The number of aryl methyl sites for hydroxylation is 1. The van der Waals surface area contributed by atoms with Gasteiger partial charge in [0, 0.05) is 6.54 Å². The van der Waals surface area contributed by atoms with Crippen molar-refractivity contribution in [2.75, 3.05) is 13.6 Å². The van der Waals surface area contributed by atoms with Gasteiger partial charge >= 0.3 is 0 Å². The zero-order chi connectivity index (χ0) is 18.4. The molecule has 3 nitrogen and oxygen atoms in total. The number of hydrogen-bond acceptors (Lipinski definition) is 2. The number of rotatable bonds is 9. The van der Waals surface area contributed by atoms with Crippen LogP contribution in [-0.4, -0.2) is 28.0 Å². The van der Waals surface area contributed by atoms with E-state index in [0.717, 1.165) is 31.6 Å². The first-order chi connectivity index (χ1) is 12.7. The van der Waals surface area contributed by atoms with Gasteiger partial charge in [0.25, 0.3) is 0 Å². The number of imidazole rings is 1. The van der Waals surface area contributed by atoms with E-state index in [9.17, 15) is 0 Å². The molecule has 0 fully saturated rings. The molecule has 0 aliphatic heterocycles. The maximum absolute atomic E-state index is 4.90. The van der Waals surface area contributed by atoms with E-state index >= 15 is 0 Å². The smallest absolute Gasteiger partial charge is 0.124 e. The Bertz CT molecular complexity index is 807. The van der Waals surface area contributed by atoms with Gasteiger partial charge in [0.1, 0.15) is 5.82 Å². The Morgan fingerprint density at radius 3 is 2.46 bits per heavy atom. The molecule has 138 valence electrons. The minimum absolute atomic E-state index is 0.633. The van der Waals surface area contributed by atoms with E-state index in [-0.39, 0.29) is 0 Å². The van der Waals surface area contributed by atoms with Crippen molar-refractivity contribution >= 4 is 11.0 Å². The normalized spacial score (nSPS) is 12.8. The van der Waals surface area contributed by atoms with Gasteiger partial charge in [0.15, 0.2) is 0 Å². The molecule has 1 atom stereocenters. The Hall–Kier alpha value is -2.13. The van der Waals surface area contributed by atoms with Crippen molar-refractivity contribution in [2.24, 2.45) is 0 Å². The van der Waals surface area contributed by atoms with Crippen molar-refractivity contribution in [3.8, 4) is 0 Å². The molecule has 0 saturated heterocycles. The van der Waals surface area contributed by atoms with Gasteiger partial charge in [0.2, 0.25) is 0 Å². The molecule has 0 bridgehead atoms. The van der Waals surface area contributed by atoms with Crippen molar-refractivity contribution < 1.29 is 0 Å². The van der Waals surface area contributed by atoms with E-state index in [0.29, 0.717) is 5.92 Å². The van der Waals surface area contributed by atoms with Crippen LogP contribution >= 0.6 is 0 Å². The van der Waals surface area contributed by atoms with Crippen molar-refractivity contribution in [2.45, 2.75) is 52.1 Å². The fraction of sp³-hybridized carbons (Fsp3) is 0.435. The van der Waals surface area contributed by atoms with Gasteiger partial charge in [-0.15, -0.1) is 0 Å². The Morgan fingerprint density at radius 1 is 1.00 bits per heavy atom. The molecule has 0 aliphatic rings. The zero-order valence-corrected chi connectivity index (χ0v) is 16.4. The third kappa shape index (κ3) is 4.34. The summed E-state index contributed by atoms with van der Waals surface area (Å²) in [5.74, 6) is 1.82. The number of benzene rings is 2. The summed E-state index contributed by atoms with van der Waals surface area (Å²) in [7, 11) is 2.22. The van der Waals surface area contributed by atoms with Gasteiger partial charge in [-0.25, -0.2) is 4.98 Å². The predicted molar refractivity (Wildman–Crippen MR) is 110 cm³/mol. The van der Waals surface area contributed by atoms with Crippen LogP contribution in [0.25, 0.3) is 11.0 Å². The first kappa shape index (κ1) is 18.7.